The lowest BCUT2D eigenvalue weighted by Gasteiger charge is -2.09. The standard InChI is InChI=1S/C13H21N3O4S/c1-11(2)14-8-5-9-15-21(19,20)10-12-6-3-4-7-13(12)16(17)18/h3-4,6-7,11,14-15H,5,8-10H2,1-2H3. The molecule has 2 N–H and O–H groups in total. The zero-order chi connectivity index (χ0) is 15.9. The van der Waals surface area contributed by atoms with Crippen molar-refractivity contribution in [1.82, 2.24) is 10.0 Å². The molecule has 1 aromatic rings. The Morgan fingerprint density at radius 1 is 1.24 bits per heavy atom. The number of benzene rings is 1. The molecule has 0 radical (unpaired) electrons. The molecule has 0 saturated heterocycles. The summed E-state index contributed by atoms with van der Waals surface area (Å²) in [6, 6.07) is 6.22. The highest BCUT2D eigenvalue weighted by molar-refractivity contribution is 7.88. The van der Waals surface area contributed by atoms with Crippen molar-refractivity contribution in [3.8, 4) is 0 Å². The summed E-state index contributed by atoms with van der Waals surface area (Å²) in [6.45, 7) is 5.05. The van der Waals surface area contributed by atoms with E-state index in [1.165, 1.54) is 18.2 Å². The molecule has 0 saturated carbocycles. The van der Waals surface area contributed by atoms with Crippen LogP contribution in [0.5, 0.6) is 0 Å². The average Bonchev–Trinajstić information content (AvgIpc) is 2.37. The van der Waals surface area contributed by atoms with Gasteiger partial charge in [-0.1, -0.05) is 32.0 Å². The summed E-state index contributed by atoms with van der Waals surface area (Å²) in [5, 5.41) is 14.0. The highest BCUT2D eigenvalue weighted by Crippen LogP contribution is 2.19. The number of nitrogens with zero attached hydrogens (tertiary/aromatic N) is 1. The third-order valence-corrected chi connectivity index (χ3v) is 4.10. The SMILES string of the molecule is CC(C)NCCCNS(=O)(=O)Cc1ccccc1[N+](=O)[O-]. The second-order valence-electron chi connectivity index (χ2n) is 5.00. The summed E-state index contributed by atoms with van der Waals surface area (Å²) in [4.78, 5) is 10.3. The normalized spacial score (nSPS) is 11.8. The van der Waals surface area contributed by atoms with Crippen molar-refractivity contribution in [1.29, 1.82) is 0 Å². The lowest BCUT2D eigenvalue weighted by atomic mass is 10.2. The Hall–Kier alpha value is -1.51. The monoisotopic (exact) mass is 315 g/mol. The van der Waals surface area contributed by atoms with Gasteiger partial charge in [0.05, 0.1) is 10.7 Å². The van der Waals surface area contributed by atoms with Gasteiger partial charge in [-0.2, -0.15) is 0 Å². The Bertz CT molecular complexity index is 573. The Labute approximate surface area is 124 Å². The van der Waals surface area contributed by atoms with Crippen molar-refractivity contribution in [2.24, 2.45) is 0 Å². The van der Waals surface area contributed by atoms with Crippen molar-refractivity contribution < 1.29 is 13.3 Å². The Morgan fingerprint density at radius 2 is 1.90 bits per heavy atom. The lowest BCUT2D eigenvalue weighted by Crippen LogP contribution is -2.30. The zero-order valence-electron chi connectivity index (χ0n) is 12.2. The molecule has 0 heterocycles. The largest absolute Gasteiger partial charge is 0.314 e. The van der Waals surface area contributed by atoms with Crippen LogP contribution in [-0.4, -0.2) is 32.5 Å². The summed E-state index contributed by atoms with van der Waals surface area (Å²) < 4.78 is 26.3. The maximum atomic E-state index is 11.9. The summed E-state index contributed by atoms with van der Waals surface area (Å²) >= 11 is 0. The molecule has 118 valence electrons. The molecule has 0 spiro atoms. The fourth-order valence-corrected chi connectivity index (χ4v) is 2.98. The van der Waals surface area contributed by atoms with Crippen molar-refractivity contribution in [2.45, 2.75) is 32.1 Å². The van der Waals surface area contributed by atoms with Crippen molar-refractivity contribution in [2.75, 3.05) is 13.1 Å². The number of nitro groups is 1. The third kappa shape index (κ3) is 6.65. The molecular formula is C13H21N3O4S. The molecule has 7 nitrogen and oxygen atoms in total. The number of nitrogens with one attached hydrogen (secondary N) is 2. The number of nitro benzene ring substituents is 1. The fraction of sp³-hybridized carbons (Fsp3) is 0.538. The second-order valence-corrected chi connectivity index (χ2v) is 6.81. The smallest absolute Gasteiger partial charge is 0.273 e. The van der Waals surface area contributed by atoms with Gasteiger partial charge in [-0.15, -0.1) is 0 Å². The Kier molecular flexibility index (Phi) is 6.73. The first-order chi connectivity index (χ1) is 9.82. The molecule has 0 unspecified atom stereocenters. The molecule has 0 aliphatic rings. The van der Waals surface area contributed by atoms with Crippen LogP contribution in [-0.2, 0) is 15.8 Å². The van der Waals surface area contributed by atoms with Gasteiger partial charge < -0.3 is 5.32 Å². The molecule has 0 bridgehead atoms. The number of hydrogen-bond donors (Lipinski definition) is 2. The minimum atomic E-state index is -3.57. The summed E-state index contributed by atoms with van der Waals surface area (Å²) in [6.07, 6.45) is 0.661. The van der Waals surface area contributed by atoms with Crippen LogP contribution in [0.2, 0.25) is 0 Å². The van der Waals surface area contributed by atoms with Gasteiger partial charge in [-0.3, -0.25) is 10.1 Å². The number of sulfonamides is 1. The van der Waals surface area contributed by atoms with Crippen LogP contribution >= 0.6 is 0 Å². The third-order valence-electron chi connectivity index (χ3n) is 2.76. The molecule has 0 aromatic heterocycles. The fourth-order valence-electron chi connectivity index (χ4n) is 1.77. The number of para-hydroxylation sites is 1. The molecule has 21 heavy (non-hydrogen) atoms. The van der Waals surface area contributed by atoms with Gasteiger partial charge in [-0.25, -0.2) is 13.1 Å². The molecule has 1 rings (SSSR count). The van der Waals surface area contributed by atoms with Crippen LogP contribution in [0.15, 0.2) is 24.3 Å². The van der Waals surface area contributed by atoms with Crippen LogP contribution in [0.1, 0.15) is 25.8 Å². The molecule has 0 fully saturated rings. The Balaban J connectivity index is 2.55. The van der Waals surface area contributed by atoms with Gasteiger partial charge in [0.25, 0.3) is 5.69 Å². The van der Waals surface area contributed by atoms with Crippen molar-refractivity contribution >= 4 is 15.7 Å². The predicted molar refractivity (Wildman–Crippen MR) is 81.5 cm³/mol. The number of hydrogen-bond acceptors (Lipinski definition) is 5. The minimum absolute atomic E-state index is 0.177. The van der Waals surface area contributed by atoms with Crippen molar-refractivity contribution in [3.63, 3.8) is 0 Å². The molecule has 0 aliphatic heterocycles. The second kappa shape index (κ2) is 8.06. The molecule has 0 aliphatic carbocycles. The molecule has 1 aromatic carbocycles. The summed E-state index contributed by atoms with van der Waals surface area (Å²) in [5.41, 5.74) is 0.0136. The van der Waals surface area contributed by atoms with E-state index in [-0.39, 0.29) is 17.0 Å². The maximum Gasteiger partial charge on any atom is 0.273 e. The van der Waals surface area contributed by atoms with Crippen LogP contribution in [0, 0.1) is 10.1 Å². The van der Waals surface area contributed by atoms with Crippen LogP contribution in [0.25, 0.3) is 0 Å². The molecule has 8 heteroatoms. The van der Waals surface area contributed by atoms with Gasteiger partial charge in [0.2, 0.25) is 10.0 Å². The summed E-state index contributed by atoms with van der Waals surface area (Å²) in [7, 11) is -3.57. The topological polar surface area (TPSA) is 101 Å². The lowest BCUT2D eigenvalue weighted by molar-refractivity contribution is -0.385. The highest BCUT2D eigenvalue weighted by Gasteiger charge is 2.19. The van der Waals surface area contributed by atoms with Crippen molar-refractivity contribution in [3.05, 3.63) is 39.9 Å². The van der Waals surface area contributed by atoms with E-state index in [0.717, 1.165) is 0 Å². The maximum absolute atomic E-state index is 11.9. The van der Waals surface area contributed by atoms with E-state index >= 15 is 0 Å². The van der Waals surface area contributed by atoms with Gasteiger partial charge in [-0.05, 0) is 13.0 Å². The van der Waals surface area contributed by atoms with Gasteiger partial charge >= 0.3 is 0 Å². The highest BCUT2D eigenvalue weighted by atomic mass is 32.2. The quantitative estimate of drug-likeness (QED) is 0.407. The van der Waals surface area contributed by atoms with E-state index in [0.29, 0.717) is 25.6 Å². The molecular weight excluding hydrogens is 294 g/mol. The average molecular weight is 315 g/mol. The van der Waals surface area contributed by atoms with E-state index < -0.39 is 14.9 Å². The molecule has 0 atom stereocenters. The van der Waals surface area contributed by atoms with Gasteiger partial charge in [0.15, 0.2) is 0 Å². The van der Waals surface area contributed by atoms with E-state index in [1.807, 2.05) is 13.8 Å². The Morgan fingerprint density at radius 3 is 2.52 bits per heavy atom. The first-order valence-corrected chi connectivity index (χ1v) is 8.40. The predicted octanol–water partition coefficient (Wildman–Crippen LogP) is 1.40. The van der Waals surface area contributed by atoms with Crippen LogP contribution in [0.4, 0.5) is 5.69 Å². The number of rotatable bonds is 9. The first-order valence-electron chi connectivity index (χ1n) is 6.75. The van der Waals surface area contributed by atoms with E-state index in [2.05, 4.69) is 10.0 Å². The van der Waals surface area contributed by atoms with E-state index in [9.17, 15) is 18.5 Å². The molecule has 0 amide bonds. The van der Waals surface area contributed by atoms with Gasteiger partial charge in [0.1, 0.15) is 0 Å². The van der Waals surface area contributed by atoms with E-state index in [1.54, 1.807) is 6.07 Å². The minimum Gasteiger partial charge on any atom is -0.314 e. The first kappa shape index (κ1) is 17.5. The summed E-state index contributed by atoms with van der Waals surface area (Å²) in [5.74, 6) is -0.387. The van der Waals surface area contributed by atoms with Crippen LogP contribution < -0.4 is 10.0 Å². The van der Waals surface area contributed by atoms with Gasteiger partial charge in [0, 0.05) is 24.2 Å². The van der Waals surface area contributed by atoms with Crippen LogP contribution in [0.3, 0.4) is 0 Å². The zero-order valence-corrected chi connectivity index (χ0v) is 13.0. The van der Waals surface area contributed by atoms with E-state index in [4.69, 9.17) is 0 Å².